The van der Waals surface area contributed by atoms with E-state index in [4.69, 9.17) is 14.2 Å². The van der Waals surface area contributed by atoms with E-state index in [1.165, 1.54) is 12.8 Å². The van der Waals surface area contributed by atoms with Crippen LogP contribution in [0.15, 0.2) is 0 Å². The minimum absolute atomic E-state index is 0.0291. The molecule has 2 fully saturated rings. The summed E-state index contributed by atoms with van der Waals surface area (Å²) in [5.41, 5.74) is -0.469. The highest BCUT2D eigenvalue weighted by molar-refractivity contribution is 5.75. The first-order valence-electron chi connectivity index (χ1n) is 6.88. The summed E-state index contributed by atoms with van der Waals surface area (Å²) in [5.74, 6) is -0.170. The second-order valence-corrected chi connectivity index (χ2v) is 6.42. The van der Waals surface area contributed by atoms with E-state index in [0.29, 0.717) is 19.6 Å². The van der Waals surface area contributed by atoms with Gasteiger partial charge in [-0.15, -0.1) is 0 Å². The summed E-state index contributed by atoms with van der Waals surface area (Å²) in [6.45, 7) is 6.63. The lowest BCUT2D eigenvalue weighted by molar-refractivity contribution is -0.156. The van der Waals surface area contributed by atoms with Gasteiger partial charge < -0.3 is 14.2 Å². The Morgan fingerprint density at radius 3 is 2.61 bits per heavy atom. The van der Waals surface area contributed by atoms with Gasteiger partial charge >= 0.3 is 5.97 Å². The fourth-order valence-electron chi connectivity index (χ4n) is 2.48. The predicted octanol–water partition coefficient (Wildman–Crippen LogP) is 2.65. The molecule has 104 valence electrons. The SMILES string of the molecule is CC(C)(C)C(=O)OCCC1OCC2(CCCC2)O1. The third-order valence-corrected chi connectivity index (χ3v) is 3.63. The number of carbonyl (C=O) groups is 1. The van der Waals surface area contributed by atoms with Gasteiger partial charge in [-0.3, -0.25) is 4.79 Å². The molecule has 0 aromatic carbocycles. The van der Waals surface area contributed by atoms with Gasteiger partial charge in [0, 0.05) is 6.42 Å². The summed E-state index contributed by atoms with van der Waals surface area (Å²) in [6, 6.07) is 0. The summed E-state index contributed by atoms with van der Waals surface area (Å²) in [4.78, 5) is 11.6. The summed E-state index contributed by atoms with van der Waals surface area (Å²) < 4.78 is 16.8. The molecule has 0 N–H and O–H groups in total. The maximum atomic E-state index is 11.6. The van der Waals surface area contributed by atoms with Gasteiger partial charge in [-0.05, 0) is 33.6 Å². The molecule has 1 unspecified atom stereocenters. The van der Waals surface area contributed by atoms with E-state index in [-0.39, 0.29) is 17.9 Å². The lowest BCUT2D eigenvalue weighted by Gasteiger charge is -2.21. The number of esters is 1. The first kappa shape index (κ1) is 13.8. The molecule has 0 aromatic heterocycles. The van der Waals surface area contributed by atoms with Gasteiger partial charge in [0.15, 0.2) is 6.29 Å². The van der Waals surface area contributed by atoms with Crippen molar-refractivity contribution in [1.29, 1.82) is 0 Å². The van der Waals surface area contributed by atoms with Crippen molar-refractivity contribution in [2.75, 3.05) is 13.2 Å². The predicted molar refractivity (Wildman–Crippen MR) is 67.1 cm³/mol. The van der Waals surface area contributed by atoms with Crippen LogP contribution in [-0.4, -0.2) is 31.1 Å². The molecule has 2 rings (SSSR count). The number of carbonyl (C=O) groups excluding carboxylic acids is 1. The molecule has 0 aromatic rings. The quantitative estimate of drug-likeness (QED) is 0.728. The molecular weight excluding hydrogens is 232 g/mol. The van der Waals surface area contributed by atoms with Gasteiger partial charge in [0.1, 0.15) is 0 Å². The van der Waals surface area contributed by atoms with Crippen LogP contribution in [0, 0.1) is 5.41 Å². The van der Waals surface area contributed by atoms with Crippen LogP contribution >= 0.6 is 0 Å². The lowest BCUT2D eigenvalue weighted by atomic mass is 9.97. The van der Waals surface area contributed by atoms with Crippen molar-refractivity contribution in [1.82, 2.24) is 0 Å². The number of hydrogen-bond donors (Lipinski definition) is 0. The molecule has 1 heterocycles. The van der Waals surface area contributed by atoms with E-state index >= 15 is 0 Å². The monoisotopic (exact) mass is 256 g/mol. The largest absolute Gasteiger partial charge is 0.465 e. The van der Waals surface area contributed by atoms with Crippen LogP contribution in [0.2, 0.25) is 0 Å². The number of hydrogen-bond acceptors (Lipinski definition) is 4. The Morgan fingerprint density at radius 1 is 1.33 bits per heavy atom. The molecule has 0 bridgehead atoms. The van der Waals surface area contributed by atoms with E-state index in [9.17, 15) is 4.79 Å². The summed E-state index contributed by atoms with van der Waals surface area (Å²) in [7, 11) is 0. The molecule has 1 saturated carbocycles. The average Bonchev–Trinajstić information content (AvgIpc) is 2.89. The molecule has 2 aliphatic rings. The summed E-state index contributed by atoms with van der Waals surface area (Å²) in [5, 5.41) is 0. The molecule has 4 nitrogen and oxygen atoms in total. The molecule has 1 atom stereocenters. The van der Waals surface area contributed by atoms with E-state index < -0.39 is 5.41 Å². The number of rotatable bonds is 3. The zero-order chi connectivity index (χ0) is 13.2. The Balaban J connectivity index is 1.68. The van der Waals surface area contributed by atoms with Gasteiger partial charge in [-0.2, -0.15) is 0 Å². The first-order valence-corrected chi connectivity index (χ1v) is 6.88. The second-order valence-electron chi connectivity index (χ2n) is 6.42. The Labute approximate surface area is 109 Å². The normalized spacial score (nSPS) is 26.7. The van der Waals surface area contributed by atoms with Crippen LogP contribution in [0.5, 0.6) is 0 Å². The van der Waals surface area contributed by atoms with Crippen LogP contribution in [0.1, 0.15) is 52.9 Å². The van der Waals surface area contributed by atoms with Gasteiger partial charge in [0.05, 0.1) is 24.2 Å². The van der Waals surface area contributed by atoms with E-state index in [2.05, 4.69) is 0 Å². The van der Waals surface area contributed by atoms with Crippen LogP contribution in [0.3, 0.4) is 0 Å². The van der Waals surface area contributed by atoms with E-state index in [1.807, 2.05) is 20.8 Å². The van der Waals surface area contributed by atoms with Gasteiger partial charge in [-0.25, -0.2) is 0 Å². The second kappa shape index (κ2) is 5.17. The molecular formula is C14H24O4. The maximum Gasteiger partial charge on any atom is 0.311 e. The fraction of sp³-hybridized carbons (Fsp3) is 0.929. The zero-order valence-electron chi connectivity index (χ0n) is 11.7. The van der Waals surface area contributed by atoms with Gasteiger partial charge in [0.25, 0.3) is 0 Å². The Kier molecular flexibility index (Phi) is 3.97. The van der Waals surface area contributed by atoms with Crippen molar-refractivity contribution in [2.45, 2.75) is 64.8 Å². The fourth-order valence-corrected chi connectivity index (χ4v) is 2.48. The van der Waals surface area contributed by atoms with Crippen LogP contribution in [0.4, 0.5) is 0 Å². The minimum atomic E-state index is -0.440. The van der Waals surface area contributed by atoms with Gasteiger partial charge in [-0.1, -0.05) is 12.8 Å². The van der Waals surface area contributed by atoms with Crippen molar-refractivity contribution in [3.63, 3.8) is 0 Å². The molecule has 4 heteroatoms. The highest BCUT2D eigenvalue weighted by atomic mass is 16.7. The molecule has 1 aliphatic heterocycles. The smallest absolute Gasteiger partial charge is 0.311 e. The Bertz CT molecular complexity index is 299. The highest BCUT2D eigenvalue weighted by Gasteiger charge is 2.43. The van der Waals surface area contributed by atoms with Crippen molar-refractivity contribution in [3.8, 4) is 0 Å². The molecule has 1 saturated heterocycles. The molecule has 1 aliphatic carbocycles. The third-order valence-electron chi connectivity index (χ3n) is 3.63. The number of ether oxygens (including phenoxy) is 3. The van der Waals surface area contributed by atoms with E-state index in [1.54, 1.807) is 0 Å². The van der Waals surface area contributed by atoms with E-state index in [0.717, 1.165) is 12.8 Å². The lowest BCUT2D eigenvalue weighted by Crippen LogP contribution is -2.28. The summed E-state index contributed by atoms with van der Waals surface area (Å²) in [6.07, 6.45) is 5.10. The molecule has 0 radical (unpaired) electrons. The summed E-state index contributed by atoms with van der Waals surface area (Å²) >= 11 is 0. The average molecular weight is 256 g/mol. The van der Waals surface area contributed by atoms with Crippen LogP contribution in [-0.2, 0) is 19.0 Å². The standard InChI is InChI=1S/C14H24O4/c1-13(2,3)12(15)16-9-6-11-17-10-14(18-11)7-4-5-8-14/h11H,4-10H2,1-3H3. The maximum absolute atomic E-state index is 11.6. The zero-order valence-corrected chi connectivity index (χ0v) is 11.7. The highest BCUT2D eigenvalue weighted by Crippen LogP contribution is 2.39. The van der Waals surface area contributed by atoms with Gasteiger partial charge in [0.2, 0.25) is 0 Å². The van der Waals surface area contributed by atoms with Crippen LogP contribution < -0.4 is 0 Å². The minimum Gasteiger partial charge on any atom is -0.465 e. The van der Waals surface area contributed by atoms with Crippen LogP contribution in [0.25, 0.3) is 0 Å². The van der Waals surface area contributed by atoms with Crippen molar-refractivity contribution >= 4 is 5.97 Å². The van der Waals surface area contributed by atoms with Crippen molar-refractivity contribution in [3.05, 3.63) is 0 Å². The topological polar surface area (TPSA) is 44.8 Å². The van der Waals surface area contributed by atoms with Crippen molar-refractivity contribution in [2.24, 2.45) is 5.41 Å². The first-order chi connectivity index (χ1) is 8.41. The molecule has 0 amide bonds. The molecule has 18 heavy (non-hydrogen) atoms. The Morgan fingerprint density at radius 2 is 2.00 bits per heavy atom. The third kappa shape index (κ3) is 3.23. The van der Waals surface area contributed by atoms with Crippen molar-refractivity contribution < 1.29 is 19.0 Å². The molecule has 1 spiro atoms. The Hall–Kier alpha value is -0.610.